The minimum atomic E-state index is -1.43. The molecule has 0 aliphatic heterocycles. The van der Waals surface area contributed by atoms with Crippen molar-refractivity contribution in [1.29, 1.82) is 0 Å². The fourth-order valence-electron chi connectivity index (χ4n) is 0.0527. The van der Waals surface area contributed by atoms with Gasteiger partial charge in [-0.2, -0.15) is 0 Å². The molecule has 10 nitrogen and oxygen atoms in total. The molecule has 17 heavy (non-hydrogen) atoms. The average molecular weight is 312 g/mol. The number of aliphatic carboxylic acids is 3. The molecule has 0 aromatic carbocycles. The first-order valence-electron chi connectivity index (χ1n) is 3.05. The van der Waals surface area contributed by atoms with E-state index in [1.54, 1.807) is 0 Å². The van der Waals surface area contributed by atoms with E-state index in [2.05, 4.69) is 4.89 Å². The van der Waals surface area contributed by atoms with Gasteiger partial charge in [0.1, 0.15) is 6.61 Å². The third-order valence-electron chi connectivity index (χ3n) is 0.182. The van der Waals surface area contributed by atoms with E-state index < -0.39 is 24.5 Å². The summed E-state index contributed by atoms with van der Waals surface area (Å²) in [6, 6.07) is 0. The first-order valence-corrected chi connectivity index (χ1v) is 3.05. The Morgan fingerprint density at radius 1 is 1.06 bits per heavy atom. The number of carboxylic acids is 3. The van der Waals surface area contributed by atoms with Crippen molar-refractivity contribution in [3.05, 3.63) is 0 Å². The molecule has 100 valence electrons. The van der Waals surface area contributed by atoms with Gasteiger partial charge in [0.2, 0.25) is 0 Å². The molecule has 0 aliphatic carbocycles. The SMILES string of the molecule is CC(=O)[O-].CC(=O)[O-].O.O.O=C([O-])COO.[H+].[Zn+2]. The van der Waals surface area contributed by atoms with Crippen LogP contribution in [0.3, 0.4) is 0 Å². The molecule has 0 radical (unpaired) electrons. The molecule has 0 aromatic rings. The molecule has 0 unspecified atom stereocenters. The van der Waals surface area contributed by atoms with Gasteiger partial charge >= 0.3 is 20.9 Å². The fourth-order valence-corrected chi connectivity index (χ4v) is 0.0527. The van der Waals surface area contributed by atoms with E-state index in [1.807, 2.05) is 0 Å². The fraction of sp³-hybridized carbons (Fsp3) is 0.500. The molecule has 0 atom stereocenters. The van der Waals surface area contributed by atoms with Crippen LogP contribution in [-0.4, -0.2) is 40.7 Å². The van der Waals surface area contributed by atoms with E-state index in [9.17, 15) is 9.90 Å². The van der Waals surface area contributed by atoms with E-state index in [4.69, 9.17) is 25.1 Å². The molecule has 11 heteroatoms. The monoisotopic (exact) mass is 310 g/mol. The van der Waals surface area contributed by atoms with Gasteiger partial charge in [-0.1, -0.05) is 0 Å². The van der Waals surface area contributed by atoms with Crippen LogP contribution >= 0.6 is 0 Å². The van der Waals surface area contributed by atoms with Crippen LogP contribution in [0, 0.1) is 0 Å². The van der Waals surface area contributed by atoms with Gasteiger partial charge in [-0.25, -0.2) is 4.89 Å². The number of carbonyl (C=O) groups is 3. The molecule has 0 rings (SSSR count). The summed E-state index contributed by atoms with van der Waals surface area (Å²) in [6.45, 7) is 1.18. The van der Waals surface area contributed by atoms with Gasteiger partial charge in [0.15, 0.2) is 0 Å². The van der Waals surface area contributed by atoms with E-state index in [-0.39, 0.29) is 31.9 Å². The third kappa shape index (κ3) is 702. The van der Waals surface area contributed by atoms with Gasteiger partial charge in [-0.15, -0.1) is 0 Å². The van der Waals surface area contributed by atoms with Crippen molar-refractivity contribution in [3.63, 3.8) is 0 Å². The van der Waals surface area contributed by atoms with Gasteiger partial charge in [0.05, 0.1) is 5.97 Å². The second-order valence-electron chi connectivity index (χ2n) is 1.63. The minimum Gasteiger partial charge on any atom is -0.550 e. The van der Waals surface area contributed by atoms with Crippen LogP contribution in [0.15, 0.2) is 0 Å². The Kier molecular flexibility index (Phi) is 62.2. The van der Waals surface area contributed by atoms with Crippen LogP contribution in [0.4, 0.5) is 0 Å². The van der Waals surface area contributed by atoms with E-state index in [0.29, 0.717) is 0 Å². The Bertz CT molecular complexity index is 167. The molecule has 0 amide bonds. The van der Waals surface area contributed by atoms with Crippen molar-refractivity contribution in [2.45, 2.75) is 13.8 Å². The average Bonchev–Trinajstić information content (AvgIpc) is 1.82. The maximum atomic E-state index is 9.20. The number of hydrogen-bond acceptors (Lipinski definition) is 8. The third-order valence-corrected chi connectivity index (χ3v) is 0.182. The van der Waals surface area contributed by atoms with Crippen LogP contribution in [0.25, 0.3) is 0 Å². The second kappa shape index (κ2) is 29.4. The summed E-state index contributed by atoms with van der Waals surface area (Å²) in [7, 11) is 0. The summed E-state index contributed by atoms with van der Waals surface area (Å²) in [5.41, 5.74) is 0. The van der Waals surface area contributed by atoms with Crippen molar-refractivity contribution >= 4 is 17.9 Å². The molecular formula is C6H14O10Zn. The van der Waals surface area contributed by atoms with Gasteiger partial charge in [-0.3, -0.25) is 5.26 Å². The largest absolute Gasteiger partial charge is 2.00 e. The molecular weight excluding hydrogens is 297 g/mol. The van der Waals surface area contributed by atoms with Crippen LogP contribution in [0.1, 0.15) is 15.3 Å². The van der Waals surface area contributed by atoms with Crippen LogP contribution in [0.2, 0.25) is 0 Å². The Labute approximate surface area is 111 Å². The normalized spacial score (nSPS) is 5.82. The molecule has 0 heterocycles. The van der Waals surface area contributed by atoms with Gasteiger partial charge in [-0.05, 0) is 13.8 Å². The summed E-state index contributed by atoms with van der Waals surface area (Å²) >= 11 is 0. The van der Waals surface area contributed by atoms with Crippen LogP contribution in [-0.2, 0) is 38.7 Å². The summed E-state index contributed by atoms with van der Waals surface area (Å²) < 4.78 is 0. The molecule has 0 bridgehead atoms. The Balaban J connectivity index is -0.0000000186. The Morgan fingerprint density at radius 3 is 1.24 bits per heavy atom. The zero-order valence-electron chi connectivity index (χ0n) is 10.2. The second-order valence-corrected chi connectivity index (χ2v) is 1.63. The summed E-state index contributed by atoms with van der Waals surface area (Å²) in [6.07, 6.45) is 0. The predicted molar refractivity (Wildman–Crippen MR) is 43.3 cm³/mol. The standard InChI is InChI=1S/C2H4O4.2C2H4O2.2H2O.Zn/c3-2(4)1-6-5;2*1-2(3)4;;;/h5H,1H2,(H,3,4);2*1H3,(H,3,4);2*1H2;/q;;;;;+2/p-2. The Morgan fingerprint density at radius 2 is 1.24 bits per heavy atom. The maximum Gasteiger partial charge on any atom is 2.00 e. The molecule has 5 N–H and O–H groups in total. The van der Waals surface area contributed by atoms with Crippen LogP contribution in [0.5, 0.6) is 0 Å². The van der Waals surface area contributed by atoms with Crippen molar-refractivity contribution in [2.24, 2.45) is 0 Å². The van der Waals surface area contributed by atoms with Gasteiger partial charge in [0.25, 0.3) is 0 Å². The molecule has 0 spiro atoms. The zero-order valence-corrected chi connectivity index (χ0v) is 12.2. The summed E-state index contributed by atoms with van der Waals surface area (Å²) in [5, 5.41) is 34.3. The van der Waals surface area contributed by atoms with Gasteiger partial charge in [0, 0.05) is 11.9 Å². The number of carbonyl (C=O) groups excluding carboxylic acids is 3. The summed E-state index contributed by atoms with van der Waals surface area (Å²) in [4.78, 5) is 30.1. The molecule has 0 saturated heterocycles. The van der Waals surface area contributed by atoms with Crippen molar-refractivity contribution in [2.75, 3.05) is 6.61 Å². The number of carboxylic acid groups (broad SMARTS) is 3. The number of rotatable bonds is 2. The zero-order chi connectivity index (χ0) is 12.1. The quantitative estimate of drug-likeness (QED) is 0.293. The first-order chi connectivity index (χ1) is 6.23. The summed E-state index contributed by atoms with van der Waals surface area (Å²) in [5.74, 6) is -3.60. The van der Waals surface area contributed by atoms with E-state index in [0.717, 1.165) is 13.8 Å². The Hall–Kier alpha value is -1.13. The minimum absolute atomic E-state index is 0. The van der Waals surface area contributed by atoms with Gasteiger partial charge < -0.3 is 40.7 Å². The van der Waals surface area contributed by atoms with E-state index >= 15 is 0 Å². The number of hydrogen-bond donors (Lipinski definition) is 1. The van der Waals surface area contributed by atoms with Crippen molar-refractivity contribution in [3.8, 4) is 0 Å². The van der Waals surface area contributed by atoms with E-state index in [1.165, 1.54) is 0 Å². The molecule has 0 aromatic heterocycles. The molecule has 0 fully saturated rings. The first kappa shape index (κ1) is 36.0. The van der Waals surface area contributed by atoms with Crippen molar-refractivity contribution < 1.29 is 71.7 Å². The predicted octanol–water partition coefficient (Wildman–Crippen LogP) is -5.80. The smallest absolute Gasteiger partial charge is 0.550 e. The maximum absolute atomic E-state index is 9.20. The molecule has 0 saturated carbocycles. The van der Waals surface area contributed by atoms with Crippen molar-refractivity contribution in [1.82, 2.24) is 0 Å². The molecule has 0 aliphatic rings. The topological polar surface area (TPSA) is 213 Å². The van der Waals surface area contributed by atoms with Crippen LogP contribution < -0.4 is 15.3 Å².